The highest BCUT2D eigenvalue weighted by molar-refractivity contribution is 5.86. The lowest BCUT2D eigenvalue weighted by Gasteiger charge is -2.20. The molecule has 0 fully saturated rings. The minimum atomic E-state index is -1.26. The third-order valence-corrected chi connectivity index (χ3v) is 2.57. The number of hydrogen-bond donors (Lipinski definition) is 2. The first-order valence-corrected chi connectivity index (χ1v) is 6.05. The van der Waals surface area contributed by atoms with E-state index in [1.54, 1.807) is 0 Å². The number of ether oxygens (including phenoxy) is 1. The SMILES string of the molecule is Cc1cccc(OCCC(=O)NC(C)(C)C(=O)O)c1. The zero-order valence-electron chi connectivity index (χ0n) is 11.4. The largest absolute Gasteiger partial charge is 0.493 e. The van der Waals surface area contributed by atoms with E-state index in [1.165, 1.54) is 13.8 Å². The van der Waals surface area contributed by atoms with E-state index in [1.807, 2.05) is 31.2 Å². The van der Waals surface area contributed by atoms with Crippen molar-refractivity contribution >= 4 is 11.9 Å². The Balaban J connectivity index is 2.37. The average Bonchev–Trinajstić information content (AvgIpc) is 2.28. The summed E-state index contributed by atoms with van der Waals surface area (Å²) in [6.45, 7) is 5.04. The van der Waals surface area contributed by atoms with E-state index in [2.05, 4.69) is 5.32 Å². The van der Waals surface area contributed by atoms with Gasteiger partial charge in [-0.1, -0.05) is 12.1 Å². The van der Waals surface area contributed by atoms with Gasteiger partial charge in [0.1, 0.15) is 11.3 Å². The zero-order chi connectivity index (χ0) is 14.5. The molecule has 1 aromatic rings. The maximum absolute atomic E-state index is 11.6. The maximum atomic E-state index is 11.6. The summed E-state index contributed by atoms with van der Waals surface area (Å²) < 4.78 is 5.42. The van der Waals surface area contributed by atoms with Crippen LogP contribution >= 0.6 is 0 Å². The molecule has 19 heavy (non-hydrogen) atoms. The Morgan fingerprint density at radius 2 is 2.05 bits per heavy atom. The molecule has 0 bridgehead atoms. The Kier molecular flexibility index (Phi) is 4.92. The second-order valence-electron chi connectivity index (χ2n) is 4.89. The van der Waals surface area contributed by atoms with E-state index in [0.717, 1.165) is 5.56 Å². The number of rotatable bonds is 6. The van der Waals surface area contributed by atoms with Gasteiger partial charge < -0.3 is 15.2 Å². The molecule has 1 aromatic carbocycles. The third-order valence-electron chi connectivity index (χ3n) is 2.57. The topological polar surface area (TPSA) is 75.6 Å². The average molecular weight is 265 g/mol. The summed E-state index contributed by atoms with van der Waals surface area (Å²) in [6.07, 6.45) is 0.116. The second kappa shape index (κ2) is 6.22. The first kappa shape index (κ1) is 15.0. The summed E-state index contributed by atoms with van der Waals surface area (Å²) in [7, 11) is 0. The Hall–Kier alpha value is -2.04. The number of carbonyl (C=O) groups excluding carboxylic acids is 1. The van der Waals surface area contributed by atoms with Gasteiger partial charge >= 0.3 is 5.97 Å². The summed E-state index contributed by atoms with van der Waals surface area (Å²) in [4.78, 5) is 22.4. The van der Waals surface area contributed by atoms with Crippen LogP contribution in [0.4, 0.5) is 0 Å². The number of carboxylic acids is 1. The van der Waals surface area contributed by atoms with Gasteiger partial charge in [-0.05, 0) is 38.5 Å². The van der Waals surface area contributed by atoms with Crippen molar-refractivity contribution in [3.8, 4) is 5.75 Å². The number of aryl methyl sites for hydroxylation is 1. The van der Waals surface area contributed by atoms with Gasteiger partial charge in [-0.3, -0.25) is 4.79 Å². The molecular weight excluding hydrogens is 246 g/mol. The fourth-order valence-corrected chi connectivity index (χ4v) is 1.43. The summed E-state index contributed by atoms with van der Waals surface area (Å²) in [5.41, 5.74) is -0.186. The molecule has 2 N–H and O–H groups in total. The van der Waals surface area contributed by atoms with Gasteiger partial charge in [-0.25, -0.2) is 4.79 Å². The molecule has 1 amide bonds. The lowest BCUT2D eigenvalue weighted by Crippen LogP contribution is -2.49. The van der Waals surface area contributed by atoms with Gasteiger partial charge in [0, 0.05) is 0 Å². The van der Waals surface area contributed by atoms with Crippen molar-refractivity contribution in [1.82, 2.24) is 5.32 Å². The van der Waals surface area contributed by atoms with Crippen LogP contribution in [0.25, 0.3) is 0 Å². The smallest absolute Gasteiger partial charge is 0.328 e. The summed E-state index contributed by atoms with van der Waals surface area (Å²) in [5, 5.41) is 11.3. The molecule has 1 rings (SSSR count). The predicted molar refractivity (Wildman–Crippen MR) is 71.1 cm³/mol. The number of benzene rings is 1. The van der Waals surface area contributed by atoms with Gasteiger partial charge in [-0.15, -0.1) is 0 Å². The fraction of sp³-hybridized carbons (Fsp3) is 0.429. The van der Waals surface area contributed by atoms with Crippen LogP contribution in [0.1, 0.15) is 25.8 Å². The van der Waals surface area contributed by atoms with Gasteiger partial charge in [0.2, 0.25) is 5.91 Å². The molecule has 0 radical (unpaired) electrons. The highest BCUT2D eigenvalue weighted by Gasteiger charge is 2.28. The van der Waals surface area contributed by atoms with Crippen molar-refractivity contribution in [3.63, 3.8) is 0 Å². The lowest BCUT2D eigenvalue weighted by atomic mass is 10.1. The molecule has 0 aliphatic rings. The third kappa shape index (κ3) is 4.99. The molecule has 0 unspecified atom stereocenters. The molecule has 0 spiro atoms. The summed E-state index contributed by atoms with van der Waals surface area (Å²) in [6, 6.07) is 7.51. The number of carbonyl (C=O) groups is 2. The highest BCUT2D eigenvalue weighted by Crippen LogP contribution is 2.12. The fourth-order valence-electron chi connectivity index (χ4n) is 1.43. The number of hydrogen-bond acceptors (Lipinski definition) is 3. The minimum Gasteiger partial charge on any atom is -0.493 e. The maximum Gasteiger partial charge on any atom is 0.328 e. The van der Waals surface area contributed by atoms with Crippen molar-refractivity contribution in [2.45, 2.75) is 32.7 Å². The number of nitrogens with one attached hydrogen (secondary N) is 1. The molecule has 0 saturated carbocycles. The van der Waals surface area contributed by atoms with Crippen LogP contribution in [0.2, 0.25) is 0 Å². The summed E-state index contributed by atoms with van der Waals surface area (Å²) >= 11 is 0. The van der Waals surface area contributed by atoms with Crippen molar-refractivity contribution in [2.24, 2.45) is 0 Å². The molecule has 0 aliphatic heterocycles. The Bertz CT molecular complexity index is 468. The van der Waals surface area contributed by atoms with Crippen LogP contribution < -0.4 is 10.1 Å². The van der Waals surface area contributed by atoms with Crippen molar-refractivity contribution in [3.05, 3.63) is 29.8 Å². The standard InChI is InChI=1S/C14H19NO4/c1-10-5-4-6-11(9-10)19-8-7-12(16)15-14(2,3)13(17)18/h4-6,9H,7-8H2,1-3H3,(H,15,16)(H,17,18). The van der Waals surface area contributed by atoms with Crippen LogP contribution in [0.15, 0.2) is 24.3 Å². The van der Waals surface area contributed by atoms with Gasteiger partial charge in [0.15, 0.2) is 0 Å². The first-order chi connectivity index (χ1) is 8.81. The minimum absolute atomic E-state index is 0.116. The van der Waals surface area contributed by atoms with Gasteiger partial charge in [-0.2, -0.15) is 0 Å². The lowest BCUT2D eigenvalue weighted by molar-refractivity contribution is -0.146. The van der Waals surface area contributed by atoms with E-state index in [9.17, 15) is 9.59 Å². The van der Waals surface area contributed by atoms with E-state index >= 15 is 0 Å². The Morgan fingerprint density at radius 1 is 1.37 bits per heavy atom. The molecule has 0 heterocycles. The van der Waals surface area contributed by atoms with Crippen molar-refractivity contribution in [1.29, 1.82) is 0 Å². The van der Waals surface area contributed by atoms with Gasteiger partial charge in [0.05, 0.1) is 13.0 Å². The Labute approximate surface area is 112 Å². The molecular formula is C14H19NO4. The Morgan fingerprint density at radius 3 is 2.63 bits per heavy atom. The highest BCUT2D eigenvalue weighted by atomic mass is 16.5. The monoisotopic (exact) mass is 265 g/mol. The normalized spacial score (nSPS) is 10.9. The second-order valence-corrected chi connectivity index (χ2v) is 4.89. The number of amides is 1. The van der Waals surface area contributed by atoms with Crippen LogP contribution in [0, 0.1) is 6.92 Å². The molecule has 0 aliphatic carbocycles. The molecule has 0 aromatic heterocycles. The van der Waals surface area contributed by atoms with Crippen molar-refractivity contribution in [2.75, 3.05) is 6.61 Å². The van der Waals surface area contributed by atoms with Crippen LogP contribution in [-0.4, -0.2) is 29.1 Å². The van der Waals surface area contributed by atoms with Crippen LogP contribution in [0.5, 0.6) is 5.75 Å². The molecule has 104 valence electrons. The number of aliphatic carboxylic acids is 1. The predicted octanol–water partition coefficient (Wildman–Crippen LogP) is 1.74. The van der Waals surface area contributed by atoms with E-state index in [0.29, 0.717) is 5.75 Å². The molecule has 0 atom stereocenters. The zero-order valence-corrected chi connectivity index (χ0v) is 11.4. The van der Waals surface area contributed by atoms with Crippen LogP contribution in [-0.2, 0) is 9.59 Å². The van der Waals surface area contributed by atoms with E-state index < -0.39 is 11.5 Å². The van der Waals surface area contributed by atoms with E-state index in [4.69, 9.17) is 9.84 Å². The van der Waals surface area contributed by atoms with Crippen LogP contribution in [0.3, 0.4) is 0 Å². The molecule has 0 saturated heterocycles. The molecule has 5 heteroatoms. The summed E-state index contributed by atoms with van der Waals surface area (Å²) in [5.74, 6) is -0.717. The first-order valence-electron chi connectivity index (χ1n) is 6.05. The van der Waals surface area contributed by atoms with Crippen molar-refractivity contribution < 1.29 is 19.4 Å². The quantitative estimate of drug-likeness (QED) is 0.821. The number of carboxylic acid groups (broad SMARTS) is 1. The van der Waals surface area contributed by atoms with E-state index in [-0.39, 0.29) is 18.9 Å². The molecule has 5 nitrogen and oxygen atoms in total. The van der Waals surface area contributed by atoms with Gasteiger partial charge in [0.25, 0.3) is 0 Å².